The molecule has 3 unspecified atom stereocenters. The number of rotatable bonds is 3. The lowest BCUT2D eigenvalue weighted by molar-refractivity contribution is 0.211. The molecule has 2 aliphatic heterocycles. The molecule has 2 rings (SSSR count). The van der Waals surface area contributed by atoms with Crippen molar-refractivity contribution in [2.24, 2.45) is 5.92 Å². The largest absolute Gasteiger partial charge is 0.311 e. The lowest BCUT2D eigenvalue weighted by Crippen LogP contribution is -2.36. The maximum atomic E-state index is 3.70. The van der Waals surface area contributed by atoms with E-state index in [9.17, 15) is 0 Å². The van der Waals surface area contributed by atoms with E-state index in [4.69, 9.17) is 0 Å². The van der Waals surface area contributed by atoms with E-state index >= 15 is 0 Å². The molecule has 0 aromatic carbocycles. The summed E-state index contributed by atoms with van der Waals surface area (Å²) in [6.07, 6.45) is 4.26. The summed E-state index contributed by atoms with van der Waals surface area (Å²) in [6.45, 7) is 5.84. The summed E-state index contributed by atoms with van der Waals surface area (Å²) in [7, 11) is 2.25. The van der Waals surface area contributed by atoms with Crippen LogP contribution in [0.25, 0.3) is 0 Å². The minimum absolute atomic E-state index is 0.694. The van der Waals surface area contributed by atoms with Gasteiger partial charge in [-0.3, -0.25) is 0 Å². The molecular weight excluding hydrogens is 160 g/mol. The zero-order valence-electron chi connectivity index (χ0n) is 9.09. The summed E-state index contributed by atoms with van der Waals surface area (Å²) in [4.78, 5) is 2.48. The van der Waals surface area contributed by atoms with Gasteiger partial charge in [0.05, 0.1) is 0 Å². The van der Waals surface area contributed by atoms with Gasteiger partial charge < -0.3 is 10.2 Å². The Morgan fingerprint density at radius 2 is 2.15 bits per heavy atom. The van der Waals surface area contributed by atoms with Gasteiger partial charge in [-0.1, -0.05) is 0 Å². The van der Waals surface area contributed by atoms with E-state index in [1.807, 2.05) is 0 Å². The summed E-state index contributed by atoms with van der Waals surface area (Å²) < 4.78 is 0. The first-order valence-electron chi connectivity index (χ1n) is 5.63. The molecule has 0 aromatic rings. The van der Waals surface area contributed by atoms with Crippen molar-refractivity contribution in [2.45, 2.75) is 51.2 Å². The Morgan fingerprint density at radius 3 is 2.62 bits per heavy atom. The average Bonchev–Trinajstić information content (AvgIpc) is 2.64. The first-order valence-corrected chi connectivity index (χ1v) is 5.63. The Morgan fingerprint density at radius 1 is 1.38 bits per heavy atom. The molecule has 0 amide bonds. The topological polar surface area (TPSA) is 15.3 Å². The van der Waals surface area contributed by atoms with Crippen LogP contribution in [-0.2, 0) is 0 Å². The van der Waals surface area contributed by atoms with Crippen LogP contribution in [0.15, 0.2) is 0 Å². The van der Waals surface area contributed by atoms with Gasteiger partial charge in [0.2, 0.25) is 0 Å². The second-order valence-corrected chi connectivity index (χ2v) is 5.08. The third-order valence-electron chi connectivity index (χ3n) is 3.84. The van der Waals surface area contributed by atoms with Gasteiger partial charge in [-0.2, -0.15) is 0 Å². The maximum absolute atomic E-state index is 3.70. The Labute approximate surface area is 81.7 Å². The summed E-state index contributed by atoms with van der Waals surface area (Å²) in [6, 6.07) is 2.39. The van der Waals surface area contributed by atoms with Gasteiger partial charge in [0.25, 0.3) is 0 Å². The van der Waals surface area contributed by atoms with Gasteiger partial charge in [-0.15, -0.1) is 0 Å². The van der Waals surface area contributed by atoms with E-state index < -0.39 is 0 Å². The summed E-state index contributed by atoms with van der Waals surface area (Å²) in [5.41, 5.74) is 0. The summed E-state index contributed by atoms with van der Waals surface area (Å²) in [5.74, 6) is 0.922. The Hall–Kier alpha value is -0.0800. The van der Waals surface area contributed by atoms with Crippen molar-refractivity contribution in [1.82, 2.24) is 10.2 Å². The first kappa shape index (κ1) is 9.47. The van der Waals surface area contributed by atoms with Crippen LogP contribution in [-0.4, -0.2) is 36.6 Å². The van der Waals surface area contributed by atoms with E-state index in [-0.39, 0.29) is 0 Å². The Kier molecular flexibility index (Phi) is 2.61. The molecule has 0 aliphatic carbocycles. The molecule has 2 nitrogen and oxygen atoms in total. The van der Waals surface area contributed by atoms with Crippen LogP contribution in [0.2, 0.25) is 0 Å². The first-order chi connectivity index (χ1) is 6.16. The van der Waals surface area contributed by atoms with E-state index in [1.165, 1.54) is 25.8 Å². The van der Waals surface area contributed by atoms with Gasteiger partial charge >= 0.3 is 0 Å². The molecular formula is C11H22N2. The van der Waals surface area contributed by atoms with Gasteiger partial charge in [-0.25, -0.2) is 0 Å². The van der Waals surface area contributed by atoms with Crippen LogP contribution in [0.3, 0.4) is 0 Å². The standard InChI is InChI=1S/C11H22N2/c1-8(2)13(3)7-9-6-10-4-5-11(9)12-10/h8-12H,4-7H2,1-3H3. The van der Waals surface area contributed by atoms with Gasteiger partial charge in [0.15, 0.2) is 0 Å². The average molecular weight is 182 g/mol. The second kappa shape index (κ2) is 3.58. The Balaban J connectivity index is 1.83. The molecule has 13 heavy (non-hydrogen) atoms. The third kappa shape index (κ3) is 1.89. The van der Waals surface area contributed by atoms with Crippen LogP contribution in [0, 0.1) is 5.92 Å². The number of nitrogens with one attached hydrogen (secondary N) is 1. The molecule has 1 N–H and O–H groups in total. The van der Waals surface area contributed by atoms with Crippen molar-refractivity contribution < 1.29 is 0 Å². The van der Waals surface area contributed by atoms with Crippen molar-refractivity contribution in [3.05, 3.63) is 0 Å². The minimum Gasteiger partial charge on any atom is -0.311 e. The SMILES string of the molecule is CC(C)N(C)CC1CC2CCC1N2. The van der Waals surface area contributed by atoms with Crippen LogP contribution < -0.4 is 5.32 Å². The van der Waals surface area contributed by atoms with E-state index in [0.717, 1.165) is 18.0 Å². The molecule has 76 valence electrons. The molecule has 2 saturated heterocycles. The van der Waals surface area contributed by atoms with Crippen molar-refractivity contribution in [3.63, 3.8) is 0 Å². The molecule has 0 aromatic heterocycles. The highest BCUT2D eigenvalue weighted by atomic mass is 15.1. The van der Waals surface area contributed by atoms with Crippen LogP contribution in [0.1, 0.15) is 33.1 Å². The zero-order valence-corrected chi connectivity index (χ0v) is 9.09. The quantitative estimate of drug-likeness (QED) is 0.711. The van der Waals surface area contributed by atoms with Crippen molar-refractivity contribution in [1.29, 1.82) is 0 Å². The number of fused-ring (bicyclic) bond motifs is 2. The highest BCUT2D eigenvalue weighted by molar-refractivity contribution is 4.98. The van der Waals surface area contributed by atoms with Crippen LogP contribution in [0.5, 0.6) is 0 Å². The molecule has 0 saturated carbocycles. The van der Waals surface area contributed by atoms with E-state index in [2.05, 4.69) is 31.1 Å². The monoisotopic (exact) mass is 182 g/mol. The maximum Gasteiger partial charge on any atom is 0.0111 e. The van der Waals surface area contributed by atoms with Crippen molar-refractivity contribution in [2.75, 3.05) is 13.6 Å². The summed E-state index contributed by atoms with van der Waals surface area (Å²) in [5, 5.41) is 3.70. The van der Waals surface area contributed by atoms with E-state index in [0.29, 0.717) is 6.04 Å². The lowest BCUT2D eigenvalue weighted by Gasteiger charge is -2.28. The summed E-state index contributed by atoms with van der Waals surface area (Å²) >= 11 is 0. The third-order valence-corrected chi connectivity index (χ3v) is 3.84. The minimum atomic E-state index is 0.694. The van der Waals surface area contributed by atoms with Crippen LogP contribution >= 0.6 is 0 Å². The number of hydrogen-bond acceptors (Lipinski definition) is 2. The van der Waals surface area contributed by atoms with Crippen LogP contribution in [0.4, 0.5) is 0 Å². The molecule has 3 atom stereocenters. The van der Waals surface area contributed by atoms with Gasteiger partial charge in [-0.05, 0) is 46.1 Å². The molecule has 2 heterocycles. The number of hydrogen-bond donors (Lipinski definition) is 1. The van der Waals surface area contributed by atoms with Crippen molar-refractivity contribution >= 4 is 0 Å². The normalized spacial score (nSPS) is 38.1. The predicted molar refractivity (Wildman–Crippen MR) is 55.8 cm³/mol. The predicted octanol–water partition coefficient (Wildman–Crippen LogP) is 1.47. The highest BCUT2D eigenvalue weighted by Gasteiger charge is 2.39. The van der Waals surface area contributed by atoms with Gasteiger partial charge in [0.1, 0.15) is 0 Å². The molecule has 2 aliphatic rings. The lowest BCUT2D eigenvalue weighted by atomic mass is 9.89. The molecule has 0 spiro atoms. The fraction of sp³-hybridized carbons (Fsp3) is 1.00. The smallest absolute Gasteiger partial charge is 0.0111 e. The fourth-order valence-electron chi connectivity index (χ4n) is 2.72. The number of nitrogens with zero attached hydrogens (tertiary/aromatic N) is 1. The van der Waals surface area contributed by atoms with E-state index in [1.54, 1.807) is 0 Å². The molecule has 2 heteroatoms. The van der Waals surface area contributed by atoms with Gasteiger partial charge in [0, 0.05) is 24.7 Å². The fourth-order valence-corrected chi connectivity index (χ4v) is 2.72. The molecule has 0 radical (unpaired) electrons. The second-order valence-electron chi connectivity index (χ2n) is 5.08. The molecule has 2 fully saturated rings. The zero-order chi connectivity index (χ0) is 9.42. The Bertz CT molecular complexity index is 179. The van der Waals surface area contributed by atoms with Crippen molar-refractivity contribution in [3.8, 4) is 0 Å². The molecule has 2 bridgehead atoms. The highest BCUT2D eigenvalue weighted by Crippen LogP contribution is 2.33.